The Hall–Kier alpha value is -3.74. The summed E-state index contributed by atoms with van der Waals surface area (Å²) in [5.41, 5.74) is 2.69. The van der Waals surface area contributed by atoms with Crippen molar-refractivity contribution in [2.24, 2.45) is 0 Å². The predicted molar refractivity (Wildman–Crippen MR) is 128 cm³/mol. The third-order valence-corrected chi connectivity index (χ3v) is 5.55. The SMILES string of the molecule is CCn1cc(C(=O)Nc2ccc3c(C(C)(C)C)cc(=O)[nH]c3c2)c(=O)c2ccc(C)nc21. The molecule has 0 bridgehead atoms. The Balaban J connectivity index is 1.77. The van der Waals surface area contributed by atoms with Gasteiger partial charge in [0.2, 0.25) is 11.0 Å². The topological polar surface area (TPSA) is 96.9 Å². The van der Waals surface area contributed by atoms with E-state index < -0.39 is 5.91 Å². The van der Waals surface area contributed by atoms with Gasteiger partial charge in [0.15, 0.2) is 0 Å². The van der Waals surface area contributed by atoms with E-state index in [0.717, 1.165) is 16.6 Å². The molecule has 0 atom stereocenters. The Morgan fingerprint density at radius 2 is 1.81 bits per heavy atom. The zero-order valence-corrected chi connectivity index (χ0v) is 18.9. The first-order valence-electron chi connectivity index (χ1n) is 10.6. The van der Waals surface area contributed by atoms with Gasteiger partial charge in [-0.05, 0) is 49.1 Å². The van der Waals surface area contributed by atoms with E-state index in [-0.39, 0.29) is 22.0 Å². The lowest BCUT2D eigenvalue weighted by atomic mass is 9.85. The van der Waals surface area contributed by atoms with Gasteiger partial charge >= 0.3 is 0 Å². The molecular weight excluding hydrogens is 404 g/mol. The van der Waals surface area contributed by atoms with Crippen LogP contribution in [0.4, 0.5) is 5.69 Å². The van der Waals surface area contributed by atoms with Crippen LogP contribution >= 0.6 is 0 Å². The molecule has 0 aliphatic rings. The van der Waals surface area contributed by atoms with E-state index in [9.17, 15) is 14.4 Å². The Kier molecular flexibility index (Phi) is 5.20. The maximum absolute atomic E-state index is 13.0. The van der Waals surface area contributed by atoms with Crippen molar-refractivity contribution >= 4 is 33.5 Å². The summed E-state index contributed by atoms with van der Waals surface area (Å²) in [6.07, 6.45) is 1.55. The van der Waals surface area contributed by atoms with Gasteiger partial charge in [-0.1, -0.05) is 26.8 Å². The number of hydrogen-bond donors (Lipinski definition) is 2. The Morgan fingerprint density at radius 3 is 2.50 bits per heavy atom. The highest BCUT2D eigenvalue weighted by molar-refractivity contribution is 6.06. The summed E-state index contributed by atoms with van der Waals surface area (Å²) in [5.74, 6) is -0.506. The lowest BCUT2D eigenvalue weighted by Gasteiger charge is -2.21. The Morgan fingerprint density at radius 1 is 1.09 bits per heavy atom. The zero-order valence-electron chi connectivity index (χ0n) is 18.9. The van der Waals surface area contributed by atoms with Crippen LogP contribution in [0.5, 0.6) is 0 Å². The van der Waals surface area contributed by atoms with E-state index in [1.54, 1.807) is 41.1 Å². The minimum Gasteiger partial charge on any atom is -0.332 e. The number of hydrogen-bond acceptors (Lipinski definition) is 4. The van der Waals surface area contributed by atoms with Crippen LogP contribution in [0.3, 0.4) is 0 Å². The highest BCUT2D eigenvalue weighted by Gasteiger charge is 2.19. The van der Waals surface area contributed by atoms with Crippen LogP contribution in [0.2, 0.25) is 0 Å². The van der Waals surface area contributed by atoms with E-state index in [1.807, 2.05) is 40.7 Å². The summed E-state index contributed by atoms with van der Waals surface area (Å²) >= 11 is 0. The summed E-state index contributed by atoms with van der Waals surface area (Å²) in [6, 6.07) is 10.4. The Labute approximate surface area is 185 Å². The maximum Gasteiger partial charge on any atom is 0.261 e. The number of pyridine rings is 3. The van der Waals surface area contributed by atoms with Gasteiger partial charge in [0.05, 0.1) is 10.9 Å². The van der Waals surface area contributed by atoms with Crippen molar-refractivity contribution in [2.75, 3.05) is 5.32 Å². The van der Waals surface area contributed by atoms with E-state index >= 15 is 0 Å². The number of aromatic nitrogens is 3. The van der Waals surface area contributed by atoms with Crippen LogP contribution in [0.1, 0.15) is 49.3 Å². The molecule has 0 radical (unpaired) electrons. The smallest absolute Gasteiger partial charge is 0.261 e. The molecule has 4 aromatic rings. The lowest BCUT2D eigenvalue weighted by molar-refractivity contribution is 0.102. The predicted octanol–water partition coefficient (Wildman–Crippen LogP) is 4.12. The molecule has 1 aromatic carbocycles. The van der Waals surface area contributed by atoms with E-state index in [4.69, 9.17) is 0 Å². The van der Waals surface area contributed by atoms with Crippen molar-refractivity contribution in [3.05, 3.63) is 80.0 Å². The van der Waals surface area contributed by atoms with Gasteiger partial charge < -0.3 is 14.9 Å². The number of rotatable bonds is 3. The number of aryl methyl sites for hydroxylation is 2. The van der Waals surface area contributed by atoms with Crippen LogP contribution in [0, 0.1) is 6.92 Å². The van der Waals surface area contributed by atoms with Crippen molar-refractivity contribution in [1.82, 2.24) is 14.5 Å². The standard InChI is InChI=1S/C25H26N4O3/c1-6-29-13-18(22(31)17-9-7-14(2)26-23(17)29)24(32)27-15-8-10-16-19(25(3,4)5)12-21(30)28-20(16)11-15/h7-13H,6H2,1-5H3,(H,27,32)(H,28,30). The van der Waals surface area contributed by atoms with Gasteiger partial charge in [-0.15, -0.1) is 0 Å². The Bertz CT molecular complexity index is 1490. The molecule has 2 N–H and O–H groups in total. The number of amides is 1. The summed E-state index contributed by atoms with van der Waals surface area (Å²) in [4.78, 5) is 45.5. The van der Waals surface area contributed by atoms with Crippen molar-refractivity contribution in [1.29, 1.82) is 0 Å². The molecule has 7 heteroatoms. The summed E-state index contributed by atoms with van der Waals surface area (Å²) in [7, 11) is 0. The first-order valence-corrected chi connectivity index (χ1v) is 10.6. The number of carbonyl (C=O) groups excluding carboxylic acids is 1. The fourth-order valence-electron chi connectivity index (χ4n) is 3.92. The molecule has 3 aromatic heterocycles. The minimum absolute atomic E-state index is 0.0436. The maximum atomic E-state index is 13.0. The van der Waals surface area contributed by atoms with Crippen LogP contribution in [0.25, 0.3) is 21.9 Å². The number of H-pyrrole nitrogens is 1. The van der Waals surface area contributed by atoms with Gasteiger partial charge in [-0.2, -0.15) is 0 Å². The third kappa shape index (κ3) is 3.82. The van der Waals surface area contributed by atoms with Gasteiger partial charge in [0.25, 0.3) is 5.91 Å². The molecule has 0 aliphatic heterocycles. The fourth-order valence-corrected chi connectivity index (χ4v) is 3.92. The summed E-state index contributed by atoms with van der Waals surface area (Å²) in [6.45, 7) is 10.5. The minimum atomic E-state index is -0.506. The number of nitrogens with one attached hydrogen (secondary N) is 2. The van der Waals surface area contributed by atoms with Crippen molar-refractivity contribution in [2.45, 2.75) is 46.6 Å². The number of aromatic amines is 1. The van der Waals surface area contributed by atoms with Crippen LogP contribution in [-0.2, 0) is 12.0 Å². The quantitative estimate of drug-likeness (QED) is 0.511. The molecule has 3 heterocycles. The summed E-state index contributed by atoms with van der Waals surface area (Å²) < 4.78 is 1.80. The van der Waals surface area contributed by atoms with Gasteiger partial charge in [-0.25, -0.2) is 4.98 Å². The van der Waals surface area contributed by atoms with Crippen LogP contribution in [0.15, 0.2) is 52.2 Å². The van der Waals surface area contributed by atoms with Crippen molar-refractivity contribution < 1.29 is 4.79 Å². The molecule has 0 unspecified atom stereocenters. The highest BCUT2D eigenvalue weighted by Crippen LogP contribution is 2.29. The lowest BCUT2D eigenvalue weighted by Crippen LogP contribution is -2.24. The molecule has 0 aliphatic carbocycles. The molecule has 1 amide bonds. The molecule has 0 saturated heterocycles. The molecule has 7 nitrogen and oxygen atoms in total. The first-order chi connectivity index (χ1) is 15.1. The van der Waals surface area contributed by atoms with Crippen LogP contribution < -0.4 is 16.3 Å². The summed E-state index contributed by atoms with van der Waals surface area (Å²) in [5, 5.41) is 4.12. The second-order valence-electron chi connectivity index (χ2n) is 8.99. The molecule has 164 valence electrons. The average Bonchev–Trinajstić information content (AvgIpc) is 2.72. The van der Waals surface area contributed by atoms with Crippen molar-refractivity contribution in [3.63, 3.8) is 0 Å². The number of carbonyl (C=O) groups is 1. The second kappa shape index (κ2) is 7.75. The van der Waals surface area contributed by atoms with E-state index in [0.29, 0.717) is 28.8 Å². The molecule has 4 rings (SSSR count). The monoisotopic (exact) mass is 430 g/mol. The highest BCUT2D eigenvalue weighted by atomic mass is 16.2. The molecule has 0 saturated carbocycles. The van der Waals surface area contributed by atoms with Crippen molar-refractivity contribution in [3.8, 4) is 0 Å². The number of nitrogens with zero attached hydrogens (tertiary/aromatic N) is 2. The zero-order chi connectivity index (χ0) is 23.2. The molecule has 0 fully saturated rings. The molecule has 0 spiro atoms. The van der Waals surface area contributed by atoms with E-state index in [1.165, 1.54) is 0 Å². The van der Waals surface area contributed by atoms with Gasteiger partial charge in [0.1, 0.15) is 11.2 Å². The second-order valence-corrected chi connectivity index (χ2v) is 8.99. The number of benzene rings is 1. The van der Waals surface area contributed by atoms with Crippen LogP contribution in [-0.4, -0.2) is 20.4 Å². The molecular formula is C25H26N4O3. The normalized spacial score (nSPS) is 11.8. The van der Waals surface area contributed by atoms with E-state index in [2.05, 4.69) is 15.3 Å². The van der Waals surface area contributed by atoms with Gasteiger partial charge in [-0.3, -0.25) is 14.4 Å². The fraction of sp³-hybridized carbons (Fsp3) is 0.280. The average molecular weight is 431 g/mol. The number of anilines is 1. The first kappa shape index (κ1) is 21.5. The number of fused-ring (bicyclic) bond motifs is 2. The largest absolute Gasteiger partial charge is 0.332 e. The third-order valence-electron chi connectivity index (χ3n) is 5.55. The van der Waals surface area contributed by atoms with Gasteiger partial charge in [0, 0.05) is 35.6 Å². The molecule has 32 heavy (non-hydrogen) atoms.